The van der Waals surface area contributed by atoms with Gasteiger partial charge in [0.15, 0.2) is 6.10 Å². The maximum absolute atomic E-state index is 12.0. The molecule has 104 valence electrons. The van der Waals surface area contributed by atoms with Crippen molar-refractivity contribution in [3.05, 3.63) is 58.6 Å². The SMILES string of the molecule is C[C@@H](Oc1cccc(Cl)c1)C(=O)Nc1cccc(Cl)c1. The number of anilines is 1. The molecule has 2 rings (SSSR count). The summed E-state index contributed by atoms with van der Waals surface area (Å²) in [4.78, 5) is 12.0. The summed E-state index contributed by atoms with van der Waals surface area (Å²) in [5, 5.41) is 3.86. The largest absolute Gasteiger partial charge is 0.481 e. The lowest BCUT2D eigenvalue weighted by molar-refractivity contribution is -0.122. The highest BCUT2D eigenvalue weighted by Gasteiger charge is 2.15. The molecule has 2 aromatic carbocycles. The quantitative estimate of drug-likeness (QED) is 0.909. The Morgan fingerprint density at radius 2 is 1.75 bits per heavy atom. The van der Waals surface area contributed by atoms with Crippen LogP contribution in [0, 0.1) is 0 Å². The highest BCUT2D eigenvalue weighted by Crippen LogP contribution is 2.19. The molecule has 0 spiro atoms. The maximum Gasteiger partial charge on any atom is 0.265 e. The third kappa shape index (κ3) is 4.15. The van der Waals surface area contributed by atoms with Crippen LogP contribution in [0.3, 0.4) is 0 Å². The molecule has 0 aromatic heterocycles. The molecule has 20 heavy (non-hydrogen) atoms. The lowest BCUT2D eigenvalue weighted by Crippen LogP contribution is -2.30. The molecule has 0 saturated heterocycles. The Kier molecular flexibility index (Phi) is 4.88. The summed E-state index contributed by atoms with van der Waals surface area (Å²) in [5.41, 5.74) is 0.629. The van der Waals surface area contributed by atoms with Crippen LogP contribution in [0.1, 0.15) is 6.92 Å². The van der Waals surface area contributed by atoms with E-state index in [1.54, 1.807) is 55.5 Å². The standard InChI is InChI=1S/C15H13Cl2NO2/c1-10(20-14-7-3-5-12(17)9-14)15(19)18-13-6-2-4-11(16)8-13/h2-10H,1H3,(H,18,19)/t10-/m1/s1. The van der Waals surface area contributed by atoms with Crippen LogP contribution >= 0.6 is 23.2 Å². The van der Waals surface area contributed by atoms with E-state index < -0.39 is 6.10 Å². The third-order valence-corrected chi connectivity index (χ3v) is 3.04. The van der Waals surface area contributed by atoms with Gasteiger partial charge in [-0.3, -0.25) is 4.79 Å². The Labute approximate surface area is 127 Å². The van der Waals surface area contributed by atoms with Crippen LogP contribution in [0.25, 0.3) is 0 Å². The predicted molar refractivity (Wildman–Crippen MR) is 81.6 cm³/mol. The minimum Gasteiger partial charge on any atom is -0.481 e. The van der Waals surface area contributed by atoms with Gasteiger partial charge in [-0.05, 0) is 43.3 Å². The van der Waals surface area contributed by atoms with Gasteiger partial charge < -0.3 is 10.1 Å². The highest BCUT2D eigenvalue weighted by molar-refractivity contribution is 6.31. The van der Waals surface area contributed by atoms with Crippen molar-refractivity contribution >= 4 is 34.8 Å². The molecule has 1 N–H and O–H groups in total. The van der Waals surface area contributed by atoms with Gasteiger partial charge in [-0.1, -0.05) is 35.3 Å². The summed E-state index contributed by atoms with van der Waals surface area (Å²) < 4.78 is 5.53. The molecule has 0 bridgehead atoms. The van der Waals surface area contributed by atoms with Gasteiger partial charge in [0.1, 0.15) is 5.75 Å². The first-order valence-electron chi connectivity index (χ1n) is 6.03. The monoisotopic (exact) mass is 309 g/mol. The van der Waals surface area contributed by atoms with E-state index in [1.165, 1.54) is 0 Å². The Balaban J connectivity index is 1.98. The van der Waals surface area contributed by atoms with Gasteiger partial charge in [0, 0.05) is 15.7 Å². The predicted octanol–water partition coefficient (Wildman–Crippen LogP) is 4.40. The van der Waals surface area contributed by atoms with E-state index in [2.05, 4.69) is 5.32 Å². The first kappa shape index (κ1) is 14.7. The molecule has 5 heteroatoms. The van der Waals surface area contributed by atoms with Crippen molar-refractivity contribution < 1.29 is 9.53 Å². The minimum atomic E-state index is -0.646. The zero-order valence-corrected chi connectivity index (χ0v) is 12.3. The van der Waals surface area contributed by atoms with Crippen LogP contribution in [-0.4, -0.2) is 12.0 Å². The second-order valence-electron chi connectivity index (χ2n) is 4.22. The van der Waals surface area contributed by atoms with Gasteiger partial charge in [0.05, 0.1) is 0 Å². The fraction of sp³-hybridized carbons (Fsp3) is 0.133. The number of amides is 1. The summed E-state index contributed by atoms with van der Waals surface area (Å²) >= 11 is 11.7. The number of carbonyl (C=O) groups is 1. The van der Waals surface area contributed by atoms with Crippen molar-refractivity contribution in [3.63, 3.8) is 0 Å². The second-order valence-corrected chi connectivity index (χ2v) is 5.09. The molecule has 0 unspecified atom stereocenters. The molecule has 1 amide bonds. The topological polar surface area (TPSA) is 38.3 Å². The molecule has 3 nitrogen and oxygen atoms in total. The molecule has 0 aliphatic heterocycles. The van der Waals surface area contributed by atoms with Crippen molar-refractivity contribution in [2.45, 2.75) is 13.0 Å². The van der Waals surface area contributed by atoms with Gasteiger partial charge in [0.25, 0.3) is 5.91 Å². The lowest BCUT2D eigenvalue weighted by Gasteiger charge is -2.15. The Morgan fingerprint density at radius 3 is 2.40 bits per heavy atom. The number of halogens is 2. The Morgan fingerprint density at radius 1 is 1.10 bits per heavy atom. The van der Waals surface area contributed by atoms with Crippen LogP contribution < -0.4 is 10.1 Å². The van der Waals surface area contributed by atoms with Crippen molar-refractivity contribution in [2.75, 3.05) is 5.32 Å². The van der Waals surface area contributed by atoms with E-state index in [4.69, 9.17) is 27.9 Å². The fourth-order valence-corrected chi connectivity index (χ4v) is 1.98. The summed E-state index contributed by atoms with van der Waals surface area (Å²) in [7, 11) is 0. The van der Waals surface area contributed by atoms with Crippen molar-refractivity contribution in [3.8, 4) is 5.75 Å². The molecule has 0 fully saturated rings. The number of benzene rings is 2. The van der Waals surface area contributed by atoms with Gasteiger partial charge in [0.2, 0.25) is 0 Å². The minimum absolute atomic E-state index is 0.257. The van der Waals surface area contributed by atoms with E-state index in [0.29, 0.717) is 21.5 Å². The summed E-state index contributed by atoms with van der Waals surface area (Å²) in [6.07, 6.45) is -0.646. The summed E-state index contributed by atoms with van der Waals surface area (Å²) in [6.45, 7) is 1.67. The number of nitrogens with one attached hydrogen (secondary N) is 1. The van der Waals surface area contributed by atoms with Crippen molar-refractivity contribution in [2.24, 2.45) is 0 Å². The number of carbonyl (C=O) groups excluding carboxylic acids is 1. The van der Waals surface area contributed by atoms with E-state index in [-0.39, 0.29) is 5.91 Å². The van der Waals surface area contributed by atoms with Crippen LogP contribution in [0.15, 0.2) is 48.5 Å². The molecule has 0 aliphatic carbocycles. The van der Waals surface area contributed by atoms with Crippen molar-refractivity contribution in [1.29, 1.82) is 0 Å². The summed E-state index contributed by atoms with van der Waals surface area (Å²) in [5.74, 6) is 0.290. The molecular formula is C15H13Cl2NO2. The average molecular weight is 310 g/mol. The second kappa shape index (κ2) is 6.64. The Hall–Kier alpha value is -1.71. The lowest BCUT2D eigenvalue weighted by atomic mass is 10.3. The third-order valence-electron chi connectivity index (χ3n) is 2.57. The van der Waals surface area contributed by atoms with Gasteiger partial charge >= 0.3 is 0 Å². The van der Waals surface area contributed by atoms with E-state index in [1.807, 2.05) is 0 Å². The van der Waals surface area contributed by atoms with E-state index in [9.17, 15) is 4.79 Å². The zero-order chi connectivity index (χ0) is 14.5. The van der Waals surface area contributed by atoms with Crippen LogP contribution in [0.4, 0.5) is 5.69 Å². The average Bonchev–Trinajstić information content (AvgIpc) is 2.38. The van der Waals surface area contributed by atoms with Gasteiger partial charge in [-0.2, -0.15) is 0 Å². The maximum atomic E-state index is 12.0. The van der Waals surface area contributed by atoms with E-state index in [0.717, 1.165) is 0 Å². The first-order chi connectivity index (χ1) is 9.54. The zero-order valence-electron chi connectivity index (χ0n) is 10.8. The summed E-state index contributed by atoms with van der Waals surface area (Å²) in [6, 6.07) is 13.8. The normalized spacial score (nSPS) is 11.8. The molecule has 0 radical (unpaired) electrons. The molecule has 0 heterocycles. The van der Waals surface area contributed by atoms with Gasteiger partial charge in [-0.25, -0.2) is 0 Å². The molecule has 2 aromatic rings. The van der Waals surface area contributed by atoms with Crippen LogP contribution in [-0.2, 0) is 4.79 Å². The van der Waals surface area contributed by atoms with Crippen LogP contribution in [0.5, 0.6) is 5.75 Å². The first-order valence-corrected chi connectivity index (χ1v) is 6.79. The molecule has 1 atom stereocenters. The molecular weight excluding hydrogens is 297 g/mol. The van der Waals surface area contributed by atoms with Gasteiger partial charge in [-0.15, -0.1) is 0 Å². The fourth-order valence-electron chi connectivity index (χ4n) is 1.61. The number of hydrogen-bond acceptors (Lipinski definition) is 2. The van der Waals surface area contributed by atoms with Crippen LogP contribution in [0.2, 0.25) is 10.0 Å². The smallest absolute Gasteiger partial charge is 0.265 e. The Bertz CT molecular complexity index is 616. The number of hydrogen-bond donors (Lipinski definition) is 1. The van der Waals surface area contributed by atoms with E-state index >= 15 is 0 Å². The molecule has 0 saturated carbocycles. The highest BCUT2D eigenvalue weighted by atomic mass is 35.5. The number of rotatable bonds is 4. The number of ether oxygens (including phenoxy) is 1. The van der Waals surface area contributed by atoms with Crippen molar-refractivity contribution in [1.82, 2.24) is 0 Å². The molecule has 0 aliphatic rings.